The lowest BCUT2D eigenvalue weighted by molar-refractivity contribution is 0.103. The minimum Gasteiger partial charge on any atom is -0.424 e. The van der Waals surface area contributed by atoms with Crippen molar-refractivity contribution in [3.8, 4) is 33.6 Å². The summed E-state index contributed by atoms with van der Waals surface area (Å²) in [6.07, 6.45) is 3.24. The van der Waals surface area contributed by atoms with Crippen LogP contribution in [0.2, 0.25) is 0 Å². The van der Waals surface area contributed by atoms with Crippen LogP contribution in [0.4, 0.5) is 5.69 Å². The summed E-state index contributed by atoms with van der Waals surface area (Å²) in [6, 6.07) is 27.1. The highest BCUT2D eigenvalue weighted by molar-refractivity contribution is 7.17. The van der Waals surface area contributed by atoms with Crippen LogP contribution < -0.4 is 10.1 Å². The third-order valence-corrected chi connectivity index (χ3v) is 6.20. The maximum atomic E-state index is 13.4. The first-order valence-electron chi connectivity index (χ1n) is 10.7. The first-order valence-corrected chi connectivity index (χ1v) is 11.5. The van der Waals surface area contributed by atoms with Crippen molar-refractivity contribution in [2.24, 2.45) is 0 Å². The summed E-state index contributed by atoms with van der Waals surface area (Å²) < 4.78 is 5.69. The summed E-state index contributed by atoms with van der Waals surface area (Å²) in [6.45, 7) is 1.91. The topological polar surface area (TPSA) is 77.0 Å². The molecule has 0 aliphatic heterocycles. The molecule has 0 atom stereocenters. The number of nitrogens with zero attached hydrogens (tertiary/aromatic N) is 3. The SMILES string of the molecule is Cc1cc(Oc2ncccn2)ccc1NC(=O)c1sc(-c2ccccc2)nc1-c1ccccc1. The number of hydrogen-bond acceptors (Lipinski definition) is 6. The summed E-state index contributed by atoms with van der Waals surface area (Å²) >= 11 is 1.38. The van der Waals surface area contributed by atoms with Gasteiger partial charge in [0.15, 0.2) is 0 Å². The molecule has 5 aromatic rings. The lowest BCUT2D eigenvalue weighted by Crippen LogP contribution is -2.12. The van der Waals surface area contributed by atoms with Gasteiger partial charge in [-0.25, -0.2) is 15.0 Å². The Morgan fingerprint density at radius 1 is 0.853 bits per heavy atom. The minimum absolute atomic E-state index is 0.207. The molecule has 1 amide bonds. The van der Waals surface area contributed by atoms with Gasteiger partial charge in [-0.15, -0.1) is 11.3 Å². The Kier molecular flexibility index (Phi) is 6.09. The van der Waals surface area contributed by atoms with Gasteiger partial charge in [0.05, 0.1) is 5.69 Å². The first-order chi connectivity index (χ1) is 16.7. The molecule has 0 saturated heterocycles. The number of benzene rings is 3. The molecule has 166 valence electrons. The van der Waals surface area contributed by atoms with Crippen molar-refractivity contribution in [2.75, 3.05) is 5.32 Å². The maximum absolute atomic E-state index is 13.4. The lowest BCUT2D eigenvalue weighted by Gasteiger charge is -2.10. The van der Waals surface area contributed by atoms with E-state index in [1.807, 2.05) is 79.7 Å². The summed E-state index contributed by atoms with van der Waals surface area (Å²) in [5.74, 6) is 0.387. The van der Waals surface area contributed by atoms with Crippen molar-refractivity contribution in [1.29, 1.82) is 0 Å². The quantitative estimate of drug-likeness (QED) is 0.306. The smallest absolute Gasteiger partial charge is 0.321 e. The van der Waals surface area contributed by atoms with Crippen LogP contribution in [-0.4, -0.2) is 20.9 Å². The monoisotopic (exact) mass is 464 g/mol. The van der Waals surface area contributed by atoms with Gasteiger partial charge >= 0.3 is 6.01 Å². The van der Waals surface area contributed by atoms with Crippen molar-refractivity contribution < 1.29 is 9.53 Å². The van der Waals surface area contributed by atoms with Gasteiger partial charge in [0.25, 0.3) is 5.91 Å². The Bertz CT molecular complexity index is 1420. The molecule has 0 unspecified atom stereocenters. The largest absolute Gasteiger partial charge is 0.424 e. The third-order valence-electron chi connectivity index (χ3n) is 5.10. The molecule has 0 fully saturated rings. The number of rotatable bonds is 6. The molecule has 0 spiro atoms. The van der Waals surface area contributed by atoms with Gasteiger partial charge in [-0.2, -0.15) is 0 Å². The molecular formula is C27H20N4O2S. The standard InChI is InChI=1S/C27H20N4O2S/c1-18-17-21(33-27-28-15-8-16-29-27)13-14-22(18)30-25(32)24-23(19-9-4-2-5-10-19)31-26(34-24)20-11-6-3-7-12-20/h2-17H,1H3,(H,30,32). The Morgan fingerprint density at radius 3 is 2.21 bits per heavy atom. The van der Waals surface area contributed by atoms with Gasteiger partial charge in [0.2, 0.25) is 0 Å². The van der Waals surface area contributed by atoms with Crippen LogP contribution >= 0.6 is 11.3 Å². The number of hydrogen-bond donors (Lipinski definition) is 1. The van der Waals surface area contributed by atoms with E-state index in [9.17, 15) is 4.79 Å². The van der Waals surface area contributed by atoms with Gasteiger partial charge in [-0.1, -0.05) is 60.7 Å². The second-order valence-electron chi connectivity index (χ2n) is 7.49. The Hall–Kier alpha value is -4.36. The highest BCUT2D eigenvalue weighted by Gasteiger charge is 2.21. The van der Waals surface area contributed by atoms with E-state index in [1.54, 1.807) is 24.5 Å². The van der Waals surface area contributed by atoms with Gasteiger partial charge in [-0.3, -0.25) is 4.79 Å². The van der Waals surface area contributed by atoms with Crippen LogP contribution in [-0.2, 0) is 0 Å². The molecule has 0 saturated carbocycles. The average Bonchev–Trinajstić information content (AvgIpc) is 3.33. The Balaban J connectivity index is 1.43. The van der Waals surface area contributed by atoms with E-state index in [2.05, 4.69) is 15.3 Å². The van der Waals surface area contributed by atoms with Gasteiger partial charge in [0.1, 0.15) is 15.6 Å². The Morgan fingerprint density at radius 2 is 1.53 bits per heavy atom. The molecule has 1 N–H and O–H groups in total. The predicted molar refractivity (Wildman–Crippen MR) is 134 cm³/mol. The van der Waals surface area contributed by atoms with Crippen molar-refractivity contribution in [2.45, 2.75) is 6.92 Å². The van der Waals surface area contributed by atoms with E-state index >= 15 is 0 Å². The summed E-state index contributed by atoms with van der Waals surface area (Å²) in [4.78, 5) is 26.9. The number of carbonyl (C=O) groups excluding carboxylic acids is 1. The summed E-state index contributed by atoms with van der Waals surface area (Å²) in [5, 5.41) is 3.84. The van der Waals surface area contributed by atoms with E-state index in [4.69, 9.17) is 9.72 Å². The molecule has 34 heavy (non-hydrogen) atoms. The van der Waals surface area contributed by atoms with Gasteiger partial charge in [0, 0.05) is 29.2 Å². The van der Waals surface area contributed by atoms with Crippen LogP contribution in [0, 0.1) is 6.92 Å². The van der Waals surface area contributed by atoms with E-state index < -0.39 is 0 Å². The van der Waals surface area contributed by atoms with E-state index in [0.29, 0.717) is 22.0 Å². The van der Waals surface area contributed by atoms with Crippen LogP contribution in [0.25, 0.3) is 21.8 Å². The van der Waals surface area contributed by atoms with Crippen LogP contribution in [0.15, 0.2) is 97.3 Å². The number of nitrogens with one attached hydrogen (secondary N) is 1. The van der Waals surface area contributed by atoms with E-state index in [0.717, 1.165) is 21.7 Å². The molecule has 2 heterocycles. The number of amides is 1. The van der Waals surface area contributed by atoms with Crippen LogP contribution in [0.3, 0.4) is 0 Å². The summed E-state index contributed by atoms with van der Waals surface area (Å²) in [5.41, 5.74) is 4.09. The number of anilines is 1. The Labute approximate surface area is 201 Å². The molecule has 3 aromatic carbocycles. The average molecular weight is 465 g/mol. The fourth-order valence-electron chi connectivity index (χ4n) is 3.43. The molecule has 6 nitrogen and oxygen atoms in total. The van der Waals surface area contributed by atoms with Crippen molar-refractivity contribution in [3.63, 3.8) is 0 Å². The van der Waals surface area contributed by atoms with Crippen LogP contribution in [0.5, 0.6) is 11.8 Å². The molecule has 0 radical (unpaired) electrons. The number of ether oxygens (including phenoxy) is 1. The van der Waals surface area contributed by atoms with Crippen molar-refractivity contribution >= 4 is 22.9 Å². The van der Waals surface area contributed by atoms with Crippen molar-refractivity contribution in [3.05, 3.63) is 108 Å². The summed E-state index contributed by atoms with van der Waals surface area (Å²) in [7, 11) is 0. The fraction of sp³-hybridized carbons (Fsp3) is 0.0370. The zero-order valence-corrected chi connectivity index (χ0v) is 19.1. The van der Waals surface area contributed by atoms with Gasteiger partial charge < -0.3 is 10.1 Å². The lowest BCUT2D eigenvalue weighted by atomic mass is 10.1. The second kappa shape index (κ2) is 9.64. The number of thiazole rings is 1. The minimum atomic E-state index is -0.207. The van der Waals surface area contributed by atoms with Gasteiger partial charge in [-0.05, 0) is 36.8 Å². The third kappa shape index (κ3) is 4.69. The molecule has 7 heteroatoms. The molecule has 2 aromatic heterocycles. The van der Waals surface area contributed by atoms with Crippen LogP contribution in [0.1, 0.15) is 15.2 Å². The van der Waals surface area contributed by atoms with Crippen molar-refractivity contribution in [1.82, 2.24) is 15.0 Å². The predicted octanol–water partition coefficient (Wildman–Crippen LogP) is 6.62. The zero-order chi connectivity index (χ0) is 23.3. The fourth-order valence-corrected chi connectivity index (χ4v) is 4.42. The molecular weight excluding hydrogens is 444 g/mol. The van der Waals surface area contributed by atoms with E-state index in [1.165, 1.54) is 11.3 Å². The number of carbonyl (C=O) groups is 1. The zero-order valence-electron chi connectivity index (χ0n) is 18.3. The molecule has 0 bridgehead atoms. The molecule has 5 rings (SSSR count). The highest BCUT2D eigenvalue weighted by Crippen LogP contribution is 2.35. The maximum Gasteiger partial charge on any atom is 0.321 e. The van der Waals surface area contributed by atoms with E-state index in [-0.39, 0.29) is 11.9 Å². The first kappa shape index (κ1) is 21.5. The number of aryl methyl sites for hydroxylation is 1. The normalized spacial score (nSPS) is 10.6. The number of aromatic nitrogens is 3. The molecule has 0 aliphatic carbocycles. The highest BCUT2D eigenvalue weighted by atomic mass is 32.1. The molecule has 0 aliphatic rings. The second-order valence-corrected chi connectivity index (χ2v) is 8.49.